The molecule has 0 aromatic carbocycles. The molecule has 0 amide bonds. The van der Waals surface area contributed by atoms with Gasteiger partial charge in [0.1, 0.15) is 0 Å². The van der Waals surface area contributed by atoms with Crippen LogP contribution in [0.5, 0.6) is 0 Å². The van der Waals surface area contributed by atoms with Gasteiger partial charge in [-0.2, -0.15) is 0 Å². The van der Waals surface area contributed by atoms with E-state index in [-0.39, 0.29) is 0 Å². The highest BCUT2D eigenvalue weighted by atomic mass is 35.5. The molecule has 0 fully saturated rings. The van der Waals surface area contributed by atoms with Crippen LogP contribution in [-0.4, -0.2) is 0 Å². The van der Waals surface area contributed by atoms with Crippen LogP contribution in [0.2, 0.25) is 0 Å². The summed E-state index contributed by atoms with van der Waals surface area (Å²) in [6.45, 7) is 0. The van der Waals surface area contributed by atoms with Crippen molar-refractivity contribution in [3.05, 3.63) is 45.5 Å². The Morgan fingerprint density at radius 2 is 1.25 bits per heavy atom. The number of halogens is 2. The molecule has 0 radical (unpaired) electrons. The third-order valence-electron chi connectivity index (χ3n) is 3.07. The number of hydrogen-bond acceptors (Lipinski definition) is 0. The Hall–Kier alpha value is -0.460. The maximum atomic E-state index is 6.08. The van der Waals surface area contributed by atoms with Crippen molar-refractivity contribution >= 4 is 23.2 Å². The SMILES string of the molecule is ClC1=C(CCCCC2=C(Cl)CC=C2)C=CC1. The number of unbranched alkanes of at least 4 members (excludes halogenated alkanes) is 1. The van der Waals surface area contributed by atoms with E-state index in [0.29, 0.717) is 0 Å². The first-order valence-corrected chi connectivity index (χ1v) is 6.61. The molecule has 0 aliphatic heterocycles. The molecule has 16 heavy (non-hydrogen) atoms. The normalized spacial score (nSPS) is 19.4. The molecule has 0 spiro atoms. The zero-order chi connectivity index (χ0) is 11.4. The van der Waals surface area contributed by atoms with Crippen LogP contribution >= 0.6 is 23.2 Å². The van der Waals surface area contributed by atoms with Gasteiger partial charge in [-0.05, 0) is 36.8 Å². The smallest absolute Gasteiger partial charge is 0.0250 e. The first-order chi connectivity index (χ1) is 7.77. The second-order valence-electron chi connectivity index (χ2n) is 4.28. The molecule has 0 unspecified atom stereocenters. The molecular weight excluding hydrogens is 239 g/mol. The van der Waals surface area contributed by atoms with E-state index in [0.717, 1.165) is 35.7 Å². The van der Waals surface area contributed by atoms with Gasteiger partial charge in [0.25, 0.3) is 0 Å². The van der Waals surface area contributed by atoms with Crippen molar-refractivity contribution in [2.75, 3.05) is 0 Å². The van der Waals surface area contributed by atoms with E-state index in [1.165, 1.54) is 24.0 Å². The lowest BCUT2D eigenvalue weighted by atomic mass is 10.1. The van der Waals surface area contributed by atoms with Crippen molar-refractivity contribution in [2.24, 2.45) is 0 Å². The molecule has 86 valence electrons. The fourth-order valence-electron chi connectivity index (χ4n) is 2.12. The summed E-state index contributed by atoms with van der Waals surface area (Å²) in [5.41, 5.74) is 2.65. The van der Waals surface area contributed by atoms with Gasteiger partial charge in [0, 0.05) is 22.9 Å². The third kappa shape index (κ3) is 3.02. The predicted octanol–water partition coefficient (Wildman–Crippen LogP) is 5.45. The van der Waals surface area contributed by atoms with Gasteiger partial charge in [-0.15, -0.1) is 0 Å². The summed E-state index contributed by atoms with van der Waals surface area (Å²) in [4.78, 5) is 0. The summed E-state index contributed by atoms with van der Waals surface area (Å²) in [5, 5.41) is 2.05. The monoisotopic (exact) mass is 254 g/mol. The Kier molecular flexibility index (Phi) is 4.31. The molecule has 2 aliphatic carbocycles. The summed E-state index contributed by atoms with van der Waals surface area (Å²) in [5.74, 6) is 0. The van der Waals surface area contributed by atoms with Crippen LogP contribution < -0.4 is 0 Å². The highest BCUT2D eigenvalue weighted by molar-refractivity contribution is 6.30. The Morgan fingerprint density at radius 1 is 0.812 bits per heavy atom. The predicted molar refractivity (Wildman–Crippen MR) is 71.7 cm³/mol. The zero-order valence-corrected chi connectivity index (χ0v) is 10.8. The van der Waals surface area contributed by atoms with Crippen LogP contribution in [0.3, 0.4) is 0 Å². The maximum Gasteiger partial charge on any atom is 0.0250 e. The van der Waals surface area contributed by atoms with Crippen molar-refractivity contribution < 1.29 is 0 Å². The largest absolute Gasteiger partial charge is 0.0885 e. The number of allylic oxidation sites excluding steroid dienone is 8. The van der Waals surface area contributed by atoms with Gasteiger partial charge in [-0.3, -0.25) is 0 Å². The average Bonchev–Trinajstić information content (AvgIpc) is 2.84. The topological polar surface area (TPSA) is 0 Å². The van der Waals surface area contributed by atoms with Crippen molar-refractivity contribution in [2.45, 2.75) is 38.5 Å². The van der Waals surface area contributed by atoms with Gasteiger partial charge < -0.3 is 0 Å². The summed E-state index contributed by atoms with van der Waals surface area (Å²) in [7, 11) is 0. The van der Waals surface area contributed by atoms with Gasteiger partial charge in [0.2, 0.25) is 0 Å². The first kappa shape index (κ1) is 12.0. The standard InChI is InChI=1S/C14H16Cl2/c15-13-9-3-7-11(13)5-1-2-6-12-8-4-10-14(12)16/h3-4,7-8H,1-2,5-6,9-10H2. The molecule has 0 heterocycles. The minimum absolute atomic E-state index is 0.927. The molecule has 0 N–H and O–H groups in total. The van der Waals surface area contributed by atoms with Crippen LogP contribution in [0.25, 0.3) is 0 Å². The fourth-order valence-corrected chi connectivity index (χ4v) is 2.61. The summed E-state index contributed by atoms with van der Waals surface area (Å²) in [6, 6.07) is 0. The third-order valence-corrected chi connectivity index (χ3v) is 3.87. The van der Waals surface area contributed by atoms with E-state index in [9.17, 15) is 0 Å². The van der Waals surface area contributed by atoms with Crippen LogP contribution in [0.4, 0.5) is 0 Å². The number of hydrogen-bond donors (Lipinski definition) is 0. The Balaban J connectivity index is 1.69. The molecule has 0 nitrogen and oxygen atoms in total. The van der Waals surface area contributed by atoms with Crippen molar-refractivity contribution in [1.29, 1.82) is 0 Å². The maximum absolute atomic E-state index is 6.08. The highest BCUT2D eigenvalue weighted by Gasteiger charge is 2.08. The lowest BCUT2D eigenvalue weighted by molar-refractivity contribution is 0.737. The Bertz CT molecular complexity index is 346. The van der Waals surface area contributed by atoms with E-state index in [1.807, 2.05) is 0 Å². The van der Waals surface area contributed by atoms with E-state index >= 15 is 0 Å². The van der Waals surface area contributed by atoms with Gasteiger partial charge in [0.05, 0.1) is 0 Å². The fraction of sp³-hybridized carbons (Fsp3) is 0.429. The van der Waals surface area contributed by atoms with Crippen LogP contribution in [0, 0.1) is 0 Å². The van der Waals surface area contributed by atoms with Gasteiger partial charge >= 0.3 is 0 Å². The second-order valence-corrected chi connectivity index (χ2v) is 5.19. The van der Waals surface area contributed by atoms with Crippen molar-refractivity contribution in [3.8, 4) is 0 Å². The van der Waals surface area contributed by atoms with Crippen molar-refractivity contribution in [1.82, 2.24) is 0 Å². The highest BCUT2D eigenvalue weighted by Crippen LogP contribution is 2.29. The van der Waals surface area contributed by atoms with E-state index < -0.39 is 0 Å². The van der Waals surface area contributed by atoms with E-state index in [4.69, 9.17) is 23.2 Å². The van der Waals surface area contributed by atoms with E-state index in [2.05, 4.69) is 24.3 Å². The van der Waals surface area contributed by atoms with Gasteiger partial charge in [0.15, 0.2) is 0 Å². The molecule has 0 saturated carbocycles. The van der Waals surface area contributed by atoms with Crippen LogP contribution in [-0.2, 0) is 0 Å². The molecule has 0 bridgehead atoms. The Morgan fingerprint density at radius 3 is 1.56 bits per heavy atom. The lowest BCUT2D eigenvalue weighted by Gasteiger charge is -2.03. The minimum Gasteiger partial charge on any atom is -0.0885 e. The quantitative estimate of drug-likeness (QED) is 0.573. The Labute approximate surface area is 107 Å². The molecule has 0 aromatic rings. The molecule has 0 atom stereocenters. The summed E-state index contributed by atoms with van der Waals surface area (Å²) < 4.78 is 0. The van der Waals surface area contributed by atoms with Gasteiger partial charge in [-0.1, -0.05) is 47.5 Å². The summed E-state index contributed by atoms with van der Waals surface area (Å²) >= 11 is 12.2. The van der Waals surface area contributed by atoms with Crippen LogP contribution in [0.1, 0.15) is 38.5 Å². The first-order valence-electron chi connectivity index (χ1n) is 5.85. The lowest BCUT2D eigenvalue weighted by Crippen LogP contribution is -1.84. The molecule has 2 rings (SSSR count). The zero-order valence-electron chi connectivity index (χ0n) is 9.31. The average molecular weight is 255 g/mol. The van der Waals surface area contributed by atoms with Gasteiger partial charge in [-0.25, -0.2) is 0 Å². The molecule has 0 aromatic heterocycles. The van der Waals surface area contributed by atoms with E-state index in [1.54, 1.807) is 0 Å². The number of rotatable bonds is 5. The molecule has 0 saturated heterocycles. The van der Waals surface area contributed by atoms with Crippen molar-refractivity contribution in [3.63, 3.8) is 0 Å². The molecule has 2 aliphatic rings. The second kappa shape index (κ2) is 5.75. The molecular formula is C14H16Cl2. The van der Waals surface area contributed by atoms with Crippen LogP contribution in [0.15, 0.2) is 45.5 Å². The summed E-state index contributed by atoms with van der Waals surface area (Å²) in [6.07, 6.45) is 15.0. The minimum atomic E-state index is 0.927. The molecule has 2 heteroatoms.